The van der Waals surface area contributed by atoms with Crippen LogP contribution < -0.4 is 0 Å². The summed E-state index contributed by atoms with van der Waals surface area (Å²) in [5.41, 5.74) is 1.39. The van der Waals surface area contributed by atoms with Crippen molar-refractivity contribution in [1.29, 1.82) is 0 Å². The molecule has 26 heavy (non-hydrogen) atoms. The van der Waals surface area contributed by atoms with Crippen LogP contribution in [0.15, 0.2) is 72.8 Å². The molecule has 0 amide bonds. The Kier molecular flexibility index (Phi) is 3.36. The van der Waals surface area contributed by atoms with Crippen molar-refractivity contribution in [2.75, 3.05) is 0 Å². The summed E-state index contributed by atoms with van der Waals surface area (Å²) >= 11 is 0. The van der Waals surface area contributed by atoms with Gasteiger partial charge in [-0.25, -0.2) is 0 Å². The van der Waals surface area contributed by atoms with Crippen LogP contribution in [0.2, 0.25) is 0 Å². The Morgan fingerprint density at radius 3 is 2.27 bits per heavy atom. The second-order valence-corrected chi connectivity index (χ2v) is 7.06. The molecule has 0 unspecified atom stereocenters. The lowest BCUT2D eigenvalue weighted by atomic mass is 9.90. The quantitative estimate of drug-likeness (QED) is 0.346. The Labute approximate surface area is 152 Å². The SMILES string of the molecule is CCCc1cc2ccc(O)cc2c2ccc3c4ccccc4ccc3c12. The van der Waals surface area contributed by atoms with Crippen molar-refractivity contribution >= 4 is 43.1 Å². The van der Waals surface area contributed by atoms with Crippen molar-refractivity contribution in [2.45, 2.75) is 19.8 Å². The van der Waals surface area contributed by atoms with E-state index in [1.807, 2.05) is 12.1 Å². The molecule has 0 atom stereocenters. The molecule has 0 aliphatic heterocycles. The molecule has 0 aliphatic carbocycles. The highest BCUT2D eigenvalue weighted by atomic mass is 16.3. The predicted octanol–water partition coefficient (Wildman–Crippen LogP) is 6.96. The highest BCUT2D eigenvalue weighted by Crippen LogP contribution is 2.38. The number of hydrogen-bond donors (Lipinski definition) is 1. The molecule has 0 fully saturated rings. The molecule has 0 saturated carbocycles. The summed E-state index contributed by atoms with van der Waals surface area (Å²) in [6.07, 6.45) is 2.17. The number of hydrogen-bond acceptors (Lipinski definition) is 1. The first-order valence-electron chi connectivity index (χ1n) is 9.25. The van der Waals surface area contributed by atoms with Gasteiger partial charge in [-0.3, -0.25) is 0 Å². The van der Waals surface area contributed by atoms with Crippen molar-refractivity contribution in [2.24, 2.45) is 0 Å². The molecule has 1 N–H and O–H groups in total. The van der Waals surface area contributed by atoms with E-state index in [-0.39, 0.29) is 0 Å². The van der Waals surface area contributed by atoms with E-state index in [1.54, 1.807) is 6.07 Å². The summed E-state index contributed by atoms with van der Waals surface area (Å²) in [5, 5.41) is 20.1. The highest BCUT2D eigenvalue weighted by molar-refractivity contribution is 6.23. The number of rotatable bonds is 2. The fourth-order valence-electron chi connectivity index (χ4n) is 4.29. The van der Waals surface area contributed by atoms with Crippen LogP contribution in [0, 0.1) is 0 Å². The van der Waals surface area contributed by atoms with Gasteiger partial charge in [0.05, 0.1) is 0 Å². The lowest BCUT2D eigenvalue weighted by molar-refractivity contribution is 0.476. The molecule has 0 aliphatic rings. The van der Waals surface area contributed by atoms with Crippen LogP contribution in [0.25, 0.3) is 43.1 Å². The smallest absolute Gasteiger partial charge is 0.116 e. The summed E-state index contributed by atoms with van der Waals surface area (Å²) in [6, 6.07) is 25.5. The van der Waals surface area contributed by atoms with Gasteiger partial charge in [0.2, 0.25) is 0 Å². The van der Waals surface area contributed by atoms with Crippen molar-refractivity contribution in [3.8, 4) is 5.75 Å². The van der Waals surface area contributed by atoms with Gasteiger partial charge in [-0.2, -0.15) is 0 Å². The van der Waals surface area contributed by atoms with Gasteiger partial charge < -0.3 is 5.11 Å². The van der Waals surface area contributed by atoms with Gasteiger partial charge in [0.1, 0.15) is 5.75 Å². The molecule has 0 aromatic heterocycles. The molecular weight excluding hydrogens is 316 g/mol. The average molecular weight is 336 g/mol. The minimum Gasteiger partial charge on any atom is -0.508 e. The number of fused-ring (bicyclic) bond motifs is 7. The van der Waals surface area contributed by atoms with E-state index in [1.165, 1.54) is 43.3 Å². The second-order valence-electron chi connectivity index (χ2n) is 7.06. The van der Waals surface area contributed by atoms with Gasteiger partial charge in [-0.15, -0.1) is 0 Å². The van der Waals surface area contributed by atoms with Gasteiger partial charge in [0.15, 0.2) is 0 Å². The topological polar surface area (TPSA) is 20.2 Å². The molecule has 0 bridgehead atoms. The maximum atomic E-state index is 10.0. The van der Waals surface area contributed by atoms with Gasteiger partial charge in [0.25, 0.3) is 0 Å². The van der Waals surface area contributed by atoms with Crippen molar-refractivity contribution in [3.05, 3.63) is 78.4 Å². The zero-order valence-electron chi connectivity index (χ0n) is 14.8. The number of phenolic OH excluding ortho intramolecular Hbond substituents is 1. The van der Waals surface area contributed by atoms with E-state index in [9.17, 15) is 5.11 Å². The largest absolute Gasteiger partial charge is 0.508 e. The molecule has 5 aromatic carbocycles. The zero-order valence-corrected chi connectivity index (χ0v) is 14.8. The fourth-order valence-corrected chi connectivity index (χ4v) is 4.29. The molecule has 0 radical (unpaired) electrons. The maximum Gasteiger partial charge on any atom is 0.116 e. The molecule has 0 saturated heterocycles. The molecule has 5 aromatic rings. The van der Waals surface area contributed by atoms with Crippen LogP contribution in [0.3, 0.4) is 0 Å². The van der Waals surface area contributed by atoms with Crippen LogP contribution in [0.1, 0.15) is 18.9 Å². The Morgan fingerprint density at radius 2 is 1.38 bits per heavy atom. The second kappa shape index (κ2) is 5.74. The van der Waals surface area contributed by atoms with Gasteiger partial charge in [-0.05, 0) is 67.2 Å². The summed E-state index contributed by atoms with van der Waals surface area (Å²) < 4.78 is 0. The first kappa shape index (κ1) is 15.2. The van der Waals surface area contributed by atoms with Gasteiger partial charge in [0, 0.05) is 0 Å². The average Bonchev–Trinajstić information content (AvgIpc) is 2.68. The molecule has 1 nitrogen and oxygen atoms in total. The predicted molar refractivity (Wildman–Crippen MR) is 112 cm³/mol. The minimum atomic E-state index is 0.320. The van der Waals surface area contributed by atoms with Crippen molar-refractivity contribution < 1.29 is 5.11 Å². The monoisotopic (exact) mass is 336 g/mol. The third-order valence-corrected chi connectivity index (χ3v) is 5.42. The summed E-state index contributed by atoms with van der Waals surface area (Å²) in [6.45, 7) is 2.23. The lowest BCUT2D eigenvalue weighted by Crippen LogP contribution is -1.90. The van der Waals surface area contributed by atoms with Crippen LogP contribution in [0.5, 0.6) is 5.75 Å². The molecule has 0 heterocycles. The molecule has 126 valence electrons. The molecule has 1 heteroatoms. The number of aryl methyl sites for hydroxylation is 1. The number of aromatic hydroxyl groups is 1. The van der Waals surface area contributed by atoms with Crippen LogP contribution >= 0.6 is 0 Å². The molecule has 5 rings (SSSR count). The first-order chi connectivity index (χ1) is 12.8. The molecule has 0 spiro atoms. The Balaban J connectivity index is 2.03. The third kappa shape index (κ3) is 2.17. The first-order valence-corrected chi connectivity index (χ1v) is 9.25. The molecular formula is C25H20O. The van der Waals surface area contributed by atoms with E-state index >= 15 is 0 Å². The van der Waals surface area contributed by atoms with Crippen LogP contribution in [-0.4, -0.2) is 5.11 Å². The van der Waals surface area contributed by atoms with E-state index in [0.717, 1.165) is 18.2 Å². The number of benzene rings is 5. The highest BCUT2D eigenvalue weighted by Gasteiger charge is 2.12. The minimum absolute atomic E-state index is 0.320. The van der Waals surface area contributed by atoms with Crippen molar-refractivity contribution in [1.82, 2.24) is 0 Å². The van der Waals surface area contributed by atoms with Crippen molar-refractivity contribution in [3.63, 3.8) is 0 Å². The van der Waals surface area contributed by atoms with Gasteiger partial charge >= 0.3 is 0 Å². The van der Waals surface area contributed by atoms with Gasteiger partial charge in [-0.1, -0.05) is 74.0 Å². The summed E-state index contributed by atoms with van der Waals surface area (Å²) in [5.74, 6) is 0.320. The normalized spacial score (nSPS) is 11.7. The van der Waals surface area contributed by atoms with E-state index in [0.29, 0.717) is 5.75 Å². The third-order valence-electron chi connectivity index (χ3n) is 5.42. The summed E-state index contributed by atoms with van der Waals surface area (Å²) in [7, 11) is 0. The van der Waals surface area contributed by atoms with E-state index < -0.39 is 0 Å². The Bertz CT molecular complexity index is 1300. The standard InChI is InChI=1S/C25H20O/c1-2-5-18-14-17-8-10-19(26)15-24(17)23-13-12-21-20-7-4-3-6-16(20)9-11-22(21)25(18)23/h3-4,6-15,26H,2,5H2,1H3. The number of phenols is 1. The van der Waals surface area contributed by atoms with Crippen LogP contribution in [0.4, 0.5) is 0 Å². The zero-order chi connectivity index (χ0) is 17.7. The Hall–Kier alpha value is -3.06. The fraction of sp³-hybridized carbons (Fsp3) is 0.120. The van der Waals surface area contributed by atoms with Crippen LogP contribution in [-0.2, 0) is 6.42 Å². The van der Waals surface area contributed by atoms with E-state index in [4.69, 9.17) is 0 Å². The summed E-state index contributed by atoms with van der Waals surface area (Å²) in [4.78, 5) is 0. The maximum absolute atomic E-state index is 10.0. The lowest BCUT2D eigenvalue weighted by Gasteiger charge is -2.14. The Morgan fingerprint density at radius 1 is 0.654 bits per heavy atom. The van der Waals surface area contributed by atoms with E-state index in [2.05, 4.69) is 61.5 Å².